The van der Waals surface area contributed by atoms with E-state index in [1.54, 1.807) is 0 Å². The van der Waals surface area contributed by atoms with E-state index in [1.165, 1.54) is 9.13 Å². The SMILES string of the molecule is O=Cc1ccc(-c2ccc(I)cc2)cc1. The van der Waals surface area contributed by atoms with Crippen LogP contribution in [0.5, 0.6) is 0 Å². The minimum atomic E-state index is 0.712. The molecule has 0 aliphatic heterocycles. The highest BCUT2D eigenvalue weighted by molar-refractivity contribution is 14.1. The Morgan fingerprint density at radius 1 is 0.800 bits per heavy atom. The molecular weight excluding hydrogens is 299 g/mol. The maximum atomic E-state index is 10.5. The van der Waals surface area contributed by atoms with Crippen molar-refractivity contribution in [2.75, 3.05) is 0 Å². The lowest BCUT2D eigenvalue weighted by molar-refractivity contribution is 0.112. The highest BCUT2D eigenvalue weighted by Gasteiger charge is 1.97. The molecule has 74 valence electrons. The predicted molar refractivity (Wildman–Crippen MR) is 70.0 cm³/mol. The summed E-state index contributed by atoms with van der Waals surface area (Å²) >= 11 is 2.28. The zero-order valence-corrected chi connectivity index (χ0v) is 10.1. The van der Waals surface area contributed by atoms with E-state index in [0.29, 0.717) is 5.56 Å². The zero-order valence-electron chi connectivity index (χ0n) is 7.98. The molecule has 0 saturated heterocycles. The molecule has 0 heterocycles. The Morgan fingerprint density at radius 2 is 1.27 bits per heavy atom. The third-order valence-electron chi connectivity index (χ3n) is 2.22. The topological polar surface area (TPSA) is 17.1 Å². The van der Waals surface area contributed by atoms with Crippen molar-refractivity contribution in [2.24, 2.45) is 0 Å². The number of halogens is 1. The zero-order chi connectivity index (χ0) is 10.7. The molecule has 0 radical (unpaired) electrons. The molecule has 0 amide bonds. The molecule has 0 fully saturated rings. The maximum absolute atomic E-state index is 10.5. The van der Waals surface area contributed by atoms with Crippen LogP contribution in [0.3, 0.4) is 0 Å². The largest absolute Gasteiger partial charge is 0.298 e. The fraction of sp³-hybridized carbons (Fsp3) is 0. The van der Waals surface area contributed by atoms with Crippen LogP contribution in [0.25, 0.3) is 11.1 Å². The lowest BCUT2D eigenvalue weighted by Gasteiger charge is -2.01. The Morgan fingerprint density at radius 3 is 1.73 bits per heavy atom. The van der Waals surface area contributed by atoms with Gasteiger partial charge in [0.15, 0.2) is 0 Å². The molecule has 15 heavy (non-hydrogen) atoms. The van der Waals surface area contributed by atoms with Crippen LogP contribution in [-0.2, 0) is 0 Å². The Hall–Kier alpha value is -1.16. The lowest BCUT2D eigenvalue weighted by Crippen LogP contribution is -1.81. The number of rotatable bonds is 2. The van der Waals surface area contributed by atoms with E-state index in [-0.39, 0.29) is 0 Å². The van der Waals surface area contributed by atoms with Gasteiger partial charge in [0, 0.05) is 9.13 Å². The second-order valence-corrected chi connectivity index (χ2v) is 4.49. The van der Waals surface area contributed by atoms with Gasteiger partial charge in [-0.1, -0.05) is 36.4 Å². The van der Waals surface area contributed by atoms with Crippen LogP contribution in [0.1, 0.15) is 10.4 Å². The number of aldehydes is 1. The van der Waals surface area contributed by atoms with Gasteiger partial charge in [0.05, 0.1) is 0 Å². The van der Waals surface area contributed by atoms with Gasteiger partial charge in [0.1, 0.15) is 6.29 Å². The quantitative estimate of drug-likeness (QED) is 0.610. The van der Waals surface area contributed by atoms with Crippen LogP contribution >= 0.6 is 22.6 Å². The van der Waals surface area contributed by atoms with Crippen molar-refractivity contribution in [3.63, 3.8) is 0 Å². The predicted octanol–water partition coefficient (Wildman–Crippen LogP) is 3.77. The van der Waals surface area contributed by atoms with Gasteiger partial charge in [-0.2, -0.15) is 0 Å². The third kappa shape index (κ3) is 2.45. The van der Waals surface area contributed by atoms with Crippen molar-refractivity contribution in [3.8, 4) is 11.1 Å². The summed E-state index contributed by atoms with van der Waals surface area (Å²) < 4.78 is 1.22. The van der Waals surface area contributed by atoms with Gasteiger partial charge in [0.25, 0.3) is 0 Å². The first kappa shape index (κ1) is 10.4. The van der Waals surface area contributed by atoms with Gasteiger partial charge < -0.3 is 0 Å². The van der Waals surface area contributed by atoms with E-state index in [0.717, 1.165) is 11.8 Å². The molecule has 2 aromatic rings. The molecule has 0 aliphatic carbocycles. The second-order valence-electron chi connectivity index (χ2n) is 3.25. The molecule has 0 unspecified atom stereocenters. The van der Waals surface area contributed by atoms with E-state index in [9.17, 15) is 4.79 Å². The Kier molecular flexibility index (Phi) is 3.16. The molecule has 1 nitrogen and oxygen atoms in total. The van der Waals surface area contributed by atoms with Crippen LogP contribution in [0.2, 0.25) is 0 Å². The molecule has 0 atom stereocenters. The molecule has 0 spiro atoms. The second kappa shape index (κ2) is 4.57. The number of carbonyl (C=O) groups is 1. The fourth-order valence-electron chi connectivity index (χ4n) is 1.40. The molecule has 0 bridgehead atoms. The maximum Gasteiger partial charge on any atom is 0.150 e. The highest BCUT2D eigenvalue weighted by atomic mass is 127. The van der Waals surface area contributed by atoms with Crippen LogP contribution in [0.15, 0.2) is 48.5 Å². The smallest absolute Gasteiger partial charge is 0.150 e. The van der Waals surface area contributed by atoms with E-state index < -0.39 is 0 Å². The average Bonchev–Trinajstić information content (AvgIpc) is 2.30. The third-order valence-corrected chi connectivity index (χ3v) is 2.94. The summed E-state index contributed by atoms with van der Waals surface area (Å²) in [6, 6.07) is 15.9. The van der Waals surface area contributed by atoms with Crippen molar-refractivity contribution < 1.29 is 4.79 Å². The van der Waals surface area contributed by atoms with Gasteiger partial charge in [0.2, 0.25) is 0 Å². The van der Waals surface area contributed by atoms with Gasteiger partial charge in [-0.3, -0.25) is 4.79 Å². The van der Waals surface area contributed by atoms with Gasteiger partial charge in [-0.15, -0.1) is 0 Å². The summed E-state index contributed by atoms with van der Waals surface area (Å²) in [7, 11) is 0. The Bertz CT molecular complexity index is 457. The van der Waals surface area contributed by atoms with Crippen molar-refractivity contribution in [2.45, 2.75) is 0 Å². The van der Waals surface area contributed by atoms with Gasteiger partial charge in [-0.05, 0) is 45.9 Å². The first-order valence-corrected chi connectivity index (χ1v) is 5.68. The van der Waals surface area contributed by atoms with E-state index in [2.05, 4.69) is 46.9 Å². The molecule has 2 rings (SSSR count). The standard InChI is InChI=1S/C13H9IO/c14-13-7-5-12(6-8-13)11-3-1-10(9-15)2-4-11/h1-9H. The van der Waals surface area contributed by atoms with Crippen LogP contribution in [0.4, 0.5) is 0 Å². The van der Waals surface area contributed by atoms with Crippen molar-refractivity contribution in [1.29, 1.82) is 0 Å². The van der Waals surface area contributed by atoms with Crippen molar-refractivity contribution in [1.82, 2.24) is 0 Å². The summed E-state index contributed by atoms with van der Waals surface area (Å²) in [5, 5.41) is 0. The normalized spacial score (nSPS) is 9.93. The summed E-state index contributed by atoms with van der Waals surface area (Å²) in [6.07, 6.45) is 0.859. The molecule has 0 saturated carbocycles. The number of carbonyl (C=O) groups excluding carboxylic acids is 1. The number of benzene rings is 2. The number of hydrogen-bond acceptors (Lipinski definition) is 1. The van der Waals surface area contributed by atoms with Crippen LogP contribution in [-0.4, -0.2) is 6.29 Å². The minimum Gasteiger partial charge on any atom is -0.298 e. The molecular formula is C13H9IO. The number of hydrogen-bond donors (Lipinski definition) is 0. The molecule has 0 aromatic heterocycles. The highest BCUT2D eigenvalue weighted by Crippen LogP contribution is 2.20. The minimum absolute atomic E-state index is 0.712. The fourth-order valence-corrected chi connectivity index (χ4v) is 1.76. The van der Waals surface area contributed by atoms with Gasteiger partial charge >= 0.3 is 0 Å². The summed E-state index contributed by atoms with van der Waals surface area (Å²) in [6.45, 7) is 0. The lowest BCUT2D eigenvalue weighted by atomic mass is 10.0. The van der Waals surface area contributed by atoms with Crippen LogP contribution < -0.4 is 0 Å². The molecule has 0 N–H and O–H groups in total. The van der Waals surface area contributed by atoms with Gasteiger partial charge in [-0.25, -0.2) is 0 Å². The molecule has 2 aromatic carbocycles. The summed E-state index contributed by atoms with van der Waals surface area (Å²) in [5.41, 5.74) is 3.02. The summed E-state index contributed by atoms with van der Waals surface area (Å²) in [4.78, 5) is 10.5. The monoisotopic (exact) mass is 308 g/mol. The van der Waals surface area contributed by atoms with Crippen molar-refractivity contribution in [3.05, 3.63) is 57.7 Å². The Balaban J connectivity index is 2.37. The average molecular weight is 308 g/mol. The van der Waals surface area contributed by atoms with E-state index in [1.807, 2.05) is 24.3 Å². The van der Waals surface area contributed by atoms with Crippen LogP contribution in [0, 0.1) is 3.57 Å². The first-order valence-electron chi connectivity index (χ1n) is 4.61. The first-order chi connectivity index (χ1) is 7.29. The Labute approximate surface area is 102 Å². The van der Waals surface area contributed by atoms with Crippen molar-refractivity contribution >= 4 is 28.9 Å². The summed E-state index contributed by atoms with van der Waals surface area (Å²) in [5.74, 6) is 0. The van der Waals surface area contributed by atoms with E-state index >= 15 is 0 Å². The molecule has 0 aliphatic rings. The van der Waals surface area contributed by atoms with E-state index in [4.69, 9.17) is 0 Å². The molecule has 2 heteroatoms.